The van der Waals surface area contributed by atoms with Crippen molar-refractivity contribution in [3.8, 4) is 0 Å². The molecule has 0 bridgehead atoms. The molecule has 3 heteroatoms. The SMILES string of the molecule is C=CCCCN1CCCN(CCCN)CC1. The summed E-state index contributed by atoms with van der Waals surface area (Å²) in [7, 11) is 0. The van der Waals surface area contributed by atoms with E-state index in [9.17, 15) is 0 Å². The minimum atomic E-state index is 0.819. The average Bonchev–Trinajstić information content (AvgIpc) is 2.52. The molecule has 0 aromatic carbocycles. The summed E-state index contributed by atoms with van der Waals surface area (Å²) in [5, 5.41) is 0. The first-order valence-corrected chi connectivity index (χ1v) is 6.62. The minimum Gasteiger partial charge on any atom is -0.330 e. The third kappa shape index (κ3) is 5.64. The van der Waals surface area contributed by atoms with Crippen LogP contribution in [0.5, 0.6) is 0 Å². The van der Waals surface area contributed by atoms with Gasteiger partial charge in [0.1, 0.15) is 0 Å². The Hall–Kier alpha value is -0.380. The number of unbranched alkanes of at least 4 members (excludes halogenated alkanes) is 1. The van der Waals surface area contributed by atoms with Crippen LogP contribution in [-0.2, 0) is 0 Å². The summed E-state index contributed by atoms with van der Waals surface area (Å²) in [4.78, 5) is 5.15. The van der Waals surface area contributed by atoms with Gasteiger partial charge in [-0.3, -0.25) is 0 Å². The Kier molecular flexibility index (Phi) is 7.47. The van der Waals surface area contributed by atoms with E-state index in [0.29, 0.717) is 0 Å². The van der Waals surface area contributed by atoms with E-state index in [4.69, 9.17) is 5.73 Å². The quantitative estimate of drug-likeness (QED) is 0.524. The van der Waals surface area contributed by atoms with Crippen molar-refractivity contribution in [2.45, 2.75) is 25.7 Å². The lowest BCUT2D eigenvalue weighted by molar-refractivity contribution is 0.254. The Morgan fingerprint density at radius 3 is 2.19 bits per heavy atom. The molecule has 3 nitrogen and oxygen atoms in total. The van der Waals surface area contributed by atoms with Crippen LogP contribution in [0, 0.1) is 0 Å². The van der Waals surface area contributed by atoms with Gasteiger partial charge >= 0.3 is 0 Å². The summed E-state index contributed by atoms with van der Waals surface area (Å²) in [6.07, 6.45) is 6.86. The molecular formula is C13H27N3. The molecule has 1 fully saturated rings. The first kappa shape index (κ1) is 13.7. The lowest BCUT2D eigenvalue weighted by Crippen LogP contribution is -2.32. The minimum absolute atomic E-state index is 0.819. The van der Waals surface area contributed by atoms with Crippen LogP contribution in [0.1, 0.15) is 25.7 Å². The van der Waals surface area contributed by atoms with Crippen LogP contribution in [0.15, 0.2) is 12.7 Å². The lowest BCUT2D eigenvalue weighted by atomic mass is 10.3. The van der Waals surface area contributed by atoms with Gasteiger partial charge in [-0.15, -0.1) is 6.58 Å². The van der Waals surface area contributed by atoms with Crippen molar-refractivity contribution in [3.63, 3.8) is 0 Å². The molecule has 0 amide bonds. The Labute approximate surface area is 100 Å². The van der Waals surface area contributed by atoms with E-state index in [2.05, 4.69) is 16.4 Å². The molecule has 0 aliphatic carbocycles. The highest BCUT2D eigenvalue weighted by Gasteiger charge is 2.13. The van der Waals surface area contributed by atoms with Gasteiger partial charge in [0, 0.05) is 13.1 Å². The highest BCUT2D eigenvalue weighted by molar-refractivity contribution is 4.72. The smallest absolute Gasteiger partial charge is 0.0109 e. The number of allylic oxidation sites excluding steroid dienone is 1. The van der Waals surface area contributed by atoms with Crippen molar-refractivity contribution in [2.75, 3.05) is 45.8 Å². The number of hydrogen-bond acceptors (Lipinski definition) is 3. The first-order chi connectivity index (χ1) is 7.86. The van der Waals surface area contributed by atoms with E-state index in [1.165, 1.54) is 52.1 Å². The summed E-state index contributed by atoms with van der Waals surface area (Å²) < 4.78 is 0. The zero-order chi connectivity index (χ0) is 11.6. The maximum Gasteiger partial charge on any atom is 0.0109 e. The van der Waals surface area contributed by atoms with Crippen molar-refractivity contribution in [3.05, 3.63) is 12.7 Å². The molecule has 0 spiro atoms. The molecule has 94 valence electrons. The van der Waals surface area contributed by atoms with Crippen LogP contribution in [0.3, 0.4) is 0 Å². The van der Waals surface area contributed by atoms with E-state index in [1.54, 1.807) is 0 Å². The third-order valence-electron chi connectivity index (χ3n) is 3.24. The maximum absolute atomic E-state index is 5.55. The molecule has 1 rings (SSSR count). The van der Waals surface area contributed by atoms with Crippen molar-refractivity contribution in [2.24, 2.45) is 5.73 Å². The number of hydrogen-bond donors (Lipinski definition) is 1. The number of rotatable bonds is 7. The maximum atomic E-state index is 5.55. The zero-order valence-electron chi connectivity index (χ0n) is 10.5. The van der Waals surface area contributed by atoms with Gasteiger partial charge in [0.2, 0.25) is 0 Å². The van der Waals surface area contributed by atoms with Crippen LogP contribution in [0.25, 0.3) is 0 Å². The van der Waals surface area contributed by atoms with E-state index < -0.39 is 0 Å². The largest absolute Gasteiger partial charge is 0.330 e. The fourth-order valence-electron chi connectivity index (χ4n) is 2.25. The fraction of sp³-hybridized carbons (Fsp3) is 0.846. The van der Waals surface area contributed by atoms with E-state index in [0.717, 1.165) is 19.4 Å². The van der Waals surface area contributed by atoms with Gasteiger partial charge in [-0.1, -0.05) is 6.08 Å². The Bertz CT molecular complexity index is 182. The van der Waals surface area contributed by atoms with Crippen LogP contribution >= 0.6 is 0 Å². The average molecular weight is 225 g/mol. The normalized spacial score (nSPS) is 19.6. The van der Waals surface area contributed by atoms with Gasteiger partial charge in [-0.2, -0.15) is 0 Å². The molecule has 16 heavy (non-hydrogen) atoms. The topological polar surface area (TPSA) is 32.5 Å². The number of nitrogens with zero attached hydrogens (tertiary/aromatic N) is 2. The molecule has 2 N–H and O–H groups in total. The molecule has 0 atom stereocenters. The summed E-state index contributed by atoms with van der Waals surface area (Å²) in [5.41, 5.74) is 5.55. The third-order valence-corrected chi connectivity index (χ3v) is 3.24. The summed E-state index contributed by atoms with van der Waals surface area (Å²) in [5.74, 6) is 0. The molecule has 0 aromatic heterocycles. The van der Waals surface area contributed by atoms with E-state index in [-0.39, 0.29) is 0 Å². The molecule has 1 heterocycles. The van der Waals surface area contributed by atoms with Gasteiger partial charge in [0.15, 0.2) is 0 Å². The molecule has 0 unspecified atom stereocenters. The highest BCUT2D eigenvalue weighted by Crippen LogP contribution is 2.05. The van der Waals surface area contributed by atoms with Crippen LogP contribution in [0.2, 0.25) is 0 Å². The Morgan fingerprint density at radius 2 is 1.62 bits per heavy atom. The van der Waals surface area contributed by atoms with Gasteiger partial charge in [0.05, 0.1) is 0 Å². The number of nitrogens with two attached hydrogens (primary N) is 1. The van der Waals surface area contributed by atoms with Crippen LogP contribution in [-0.4, -0.2) is 55.6 Å². The molecule has 1 aliphatic rings. The lowest BCUT2D eigenvalue weighted by Gasteiger charge is -2.21. The van der Waals surface area contributed by atoms with Gasteiger partial charge < -0.3 is 15.5 Å². The molecule has 0 saturated carbocycles. The summed E-state index contributed by atoms with van der Waals surface area (Å²) in [6, 6.07) is 0. The summed E-state index contributed by atoms with van der Waals surface area (Å²) in [6.45, 7) is 11.9. The molecular weight excluding hydrogens is 198 g/mol. The molecule has 0 aromatic rings. The van der Waals surface area contributed by atoms with E-state index >= 15 is 0 Å². The second-order valence-corrected chi connectivity index (χ2v) is 4.61. The first-order valence-electron chi connectivity index (χ1n) is 6.62. The van der Waals surface area contributed by atoms with Crippen LogP contribution in [0.4, 0.5) is 0 Å². The predicted molar refractivity (Wildman–Crippen MR) is 70.6 cm³/mol. The summed E-state index contributed by atoms with van der Waals surface area (Å²) >= 11 is 0. The van der Waals surface area contributed by atoms with Gasteiger partial charge in [-0.05, 0) is 58.4 Å². The Morgan fingerprint density at radius 1 is 1.00 bits per heavy atom. The van der Waals surface area contributed by atoms with Crippen molar-refractivity contribution < 1.29 is 0 Å². The van der Waals surface area contributed by atoms with Crippen LogP contribution < -0.4 is 5.73 Å². The fourth-order valence-corrected chi connectivity index (χ4v) is 2.25. The molecule has 0 radical (unpaired) electrons. The second-order valence-electron chi connectivity index (χ2n) is 4.61. The molecule has 1 aliphatic heterocycles. The van der Waals surface area contributed by atoms with Gasteiger partial charge in [0.25, 0.3) is 0 Å². The highest BCUT2D eigenvalue weighted by atomic mass is 15.2. The monoisotopic (exact) mass is 225 g/mol. The van der Waals surface area contributed by atoms with E-state index in [1.807, 2.05) is 6.08 Å². The Balaban J connectivity index is 2.15. The second kappa shape index (κ2) is 8.74. The molecule has 1 saturated heterocycles. The van der Waals surface area contributed by atoms with Crippen molar-refractivity contribution >= 4 is 0 Å². The van der Waals surface area contributed by atoms with Crippen molar-refractivity contribution in [1.82, 2.24) is 9.80 Å². The van der Waals surface area contributed by atoms with Gasteiger partial charge in [-0.25, -0.2) is 0 Å². The standard InChI is InChI=1S/C13H27N3/c1-2-3-4-8-15-10-6-11-16(13-12-15)9-5-7-14/h2H,1,3-14H2. The van der Waals surface area contributed by atoms with Crippen molar-refractivity contribution in [1.29, 1.82) is 0 Å². The predicted octanol–water partition coefficient (Wildman–Crippen LogP) is 1.31. The zero-order valence-corrected chi connectivity index (χ0v) is 10.5.